The lowest BCUT2D eigenvalue weighted by Crippen LogP contribution is -2.36. The first-order chi connectivity index (χ1) is 11.7. The number of hydrazone groups is 2. The van der Waals surface area contributed by atoms with Gasteiger partial charge in [0.2, 0.25) is 11.8 Å². The minimum atomic E-state index is -0.224. The van der Waals surface area contributed by atoms with E-state index in [9.17, 15) is 9.59 Å². The summed E-state index contributed by atoms with van der Waals surface area (Å²) in [4.78, 5) is 23.6. The van der Waals surface area contributed by atoms with Crippen LogP contribution in [0.4, 0.5) is 0 Å². The Kier molecular flexibility index (Phi) is 4.04. The van der Waals surface area contributed by atoms with Crippen LogP contribution in [0.3, 0.4) is 0 Å². The fourth-order valence-electron chi connectivity index (χ4n) is 3.93. The molecule has 6 heteroatoms. The van der Waals surface area contributed by atoms with E-state index >= 15 is 0 Å². The van der Waals surface area contributed by atoms with Crippen LogP contribution in [0.1, 0.15) is 38.5 Å². The van der Waals surface area contributed by atoms with E-state index in [0.29, 0.717) is 23.7 Å². The van der Waals surface area contributed by atoms with Gasteiger partial charge in [-0.25, -0.2) is 10.9 Å². The predicted octanol–water partition coefficient (Wildman–Crippen LogP) is 1.90. The van der Waals surface area contributed by atoms with Crippen LogP contribution in [0.25, 0.3) is 0 Å². The molecule has 0 radical (unpaired) electrons. The quantitative estimate of drug-likeness (QED) is 0.597. The maximum absolute atomic E-state index is 11.8. The predicted molar refractivity (Wildman–Crippen MR) is 91.1 cm³/mol. The summed E-state index contributed by atoms with van der Waals surface area (Å²) in [6.07, 6.45) is 13.1. The first kappa shape index (κ1) is 15.3. The van der Waals surface area contributed by atoms with Crippen LogP contribution < -0.4 is 10.9 Å². The average molecular weight is 326 g/mol. The van der Waals surface area contributed by atoms with E-state index in [1.165, 1.54) is 0 Å². The van der Waals surface area contributed by atoms with Gasteiger partial charge < -0.3 is 0 Å². The third-order valence-electron chi connectivity index (χ3n) is 5.52. The van der Waals surface area contributed by atoms with Gasteiger partial charge in [-0.05, 0) is 37.5 Å². The van der Waals surface area contributed by atoms with Crippen molar-refractivity contribution >= 4 is 23.2 Å². The van der Waals surface area contributed by atoms with Gasteiger partial charge in [0.15, 0.2) is 0 Å². The zero-order valence-corrected chi connectivity index (χ0v) is 13.6. The summed E-state index contributed by atoms with van der Waals surface area (Å²) in [6, 6.07) is 0. The standard InChI is InChI=1S/C18H22N4O2/c23-17(21-19-15-9-11-3-1-5-13(11)15)7-8-18(24)22-20-16-10-12-4-2-6-14(12)16/h1-2,5-6,11-14H,3-4,7-10H2,(H,21,23)(H,22,24)/b19-15-,20-16-/t11-,12-,13-,14-/m0/s1. The van der Waals surface area contributed by atoms with Gasteiger partial charge in [-0.2, -0.15) is 10.2 Å². The lowest BCUT2D eigenvalue weighted by atomic mass is 9.74. The van der Waals surface area contributed by atoms with Crippen LogP contribution in [0.5, 0.6) is 0 Å². The van der Waals surface area contributed by atoms with Gasteiger partial charge in [0.25, 0.3) is 0 Å². The second-order valence-corrected chi connectivity index (χ2v) is 7.08. The van der Waals surface area contributed by atoms with E-state index < -0.39 is 0 Å². The summed E-state index contributed by atoms with van der Waals surface area (Å²) in [6.45, 7) is 0. The summed E-state index contributed by atoms with van der Waals surface area (Å²) in [5.74, 6) is 1.76. The lowest BCUT2D eigenvalue weighted by Gasteiger charge is -2.31. The molecular weight excluding hydrogens is 304 g/mol. The highest BCUT2D eigenvalue weighted by Gasteiger charge is 2.38. The zero-order valence-electron chi connectivity index (χ0n) is 13.6. The molecule has 0 aromatic rings. The molecule has 2 amide bonds. The normalized spacial score (nSPS) is 35.3. The van der Waals surface area contributed by atoms with E-state index in [2.05, 4.69) is 45.4 Å². The Morgan fingerprint density at radius 3 is 1.75 bits per heavy atom. The van der Waals surface area contributed by atoms with E-state index in [4.69, 9.17) is 0 Å². The van der Waals surface area contributed by atoms with Crippen molar-refractivity contribution < 1.29 is 9.59 Å². The van der Waals surface area contributed by atoms with Crippen LogP contribution in [-0.2, 0) is 9.59 Å². The monoisotopic (exact) mass is 326 g/mol. The Bertz CT molecular complexity index is 619. The molecule has 0 heterocycles. The fourth-order valence-corrected chi connectivity index (χ4v) is 3.93. The Morgan fingerprint density at radius 1 is 0.875 bits per heavy atom. The molecule has 0 unspecified atom stereocenters. The molecule has 2 saturated carbocycles. The molecule has 126 valence electrons. The molecule has 0 aromatic carbocycles. The second kappa shape index (κ2) is 6.34. The number of carbonyl (C=O) groups excluding carboxylic acids is 2. The fraction of sp³-hybridized carbons (Fsp3) is 0.556. The summed E-state index contributed by atoms with van der Waals surface area (Å²) in [5.41, 5.74) is 7.21. The SMILES string of the molecule is O=C(CCC(=O)N/N=C1/C[C@@H]2CC=C[C@H]12)N/N=C1/C[C@@H]2CC=C[C@H]12. The van der Waals surface area contributed by atoms with Gasteiger partial charge >= 0.3 is 0 Å². The van der Waals surface area contributed by atoms with Crippen molar-refractivity contribution in [3.8, 4) is 0 Å². The van der Waals surface area contributed by atoms with Gasteiger partial charge in [0.05, 0.1) is 0 Å². The van der Waals surface area contributed by atoms with Crippen molar-refractivity contribution in [2.75, 3.05) is 0 Å². The average Bonchev–Trinajstić information content (AvgIpc) is 3.09. The van der Waals surface area contributed by atoms with E-state index in [0.717, 1.165) is 37.1 Å². The molecule has 0 bridgehead atoms. The van der Waals surface area contributed by atoms with Crippen LogP contribution in [0.15, 0.2) is 34.5 Å². The smallest absolute Gasteiger partial charge is 0.240 e. The number of nitrogens with one attached hydrogen (secondary N) is 2. The molecule has 4 atom stereocenters. The van der Waals surface area contributed by atoms with Crippen LogP contribution in [0.2, 0.25) is 0 Å². The first-order valence-corrected chi connectivity index (χ1v) is 8.74. The Labute approximate surface area is 141 Å². The Balaban J connectivity index is 1.15. The van der Waals surface area contributed by atoms with E-state index in [1.54, 1.807) is 0 Å². The molecule has 0 aliphatic heterocycles. The van der Waals surface area contributed by atoms with E-state index in [-0.39, 0.29) is 24.7 Å². The molecule has 6 nitrogen and oxygen atoms in total. The largest absolute Gasteiger partial charge is 0.273 e. The molecule has 4 aliphatic rings. The molecule has 0 spiro atoms. The van der Waals surface area contributed by atoms with Crippen molar-refractivity contribution in [3.05, 3.63) is 24.3 Å². The van der Waals surface area contributed by atoms with Gasteiger partial charge in [-0.15, -0.1) is 0 Å². The van der Waals surface area contributed by atoms with Gasteiger partial charge in [0.1, 0.15) is 0 Å². The molecule has 0 aromatic heterocycles. The highest BCUT2D eigenvalue weighted by molar-refractivity contribution is 5.96. The molecule has 4 aliphatic carbocycles. The van der Waals surface area contributed by atoms with Crippen molar-refractivity contribution in [2.24, 2.45) is 33.9 Å². The summed E-state index contributed by atoms with van der Waals surface area (Å²) >= 11 is 0. The molecule has 2 fully saturated rings. The molecule has 2 N–H and O–H groups in total. The minimum absolute atomic E-state index is 0.128. The number of rotatable bonds is 5. The summed E-state index contributed by atoms with van der Waals surface area (Å²) in [5, 5.41) is 8.36. The van der Waals surface area contributed by atoms with Gasteiger partial charge in [0, 0.05) is 36.1 Å². The number of amides is 2. The second-order valence-electron chi connectivity index (χ2n) is 7.08. The van der Waals surface area contributed by atoms with Crippen molar-refractivity contribution in [3.63, 3.8) is 0 Å². The molecule has 0 saturated heterocycles. The Hall–Kier alpha value is -2.24. The Morgan fingerprint density at radius 2 is 1.33 bits per heavy atom. The zero-order chi connectivity index (χ0) is 16.5. The third kappa shape index (κ3) is 2.92. The van der Waals surface area contributed by atoms with Crippen molar-refractivity contribution in [1.29, 1.82) is 0 Å². The lowest BCUT2D eigenvalue weighted by molar-refractivity contribution is -0.126. The molecular formula is C18H22N4O2. The molecule has 4 rings (SSSR count). The minimum Gasteiger partial charge on any atom is -0.273 e. The first-order valence-electron chi connectivity index (χ1n) is 8.74. The van der Waals surface area contributed by atoms with Crippen LogP contribution in [-0.4, -0.2) is 23.2 Å². The number of allylic oxidation sites excluding steroid dienone is 4. The van der Waals surface area contributed by atoms with Gasteiger partial charge in [-0.1, -0.05) is 24.3 Å². The van der Waals surface area contributed by atoms with Crippen LogP contribution in [0, 0.1) is 23.7 Å². The van der Waals surface area contributed by atoms with Crippen molar-refractivity contribution in [2.45, 2.75) is 38.5 Å². The van der Waals surface area contributed by atoms with E-state index in [1.807, 2.05) is 0 Å². The number of fused-ring (bicyclic) bond motifs is 2. The van der Waals surface area contributed by atoms with Crippen LogP contribution >= 0.6 is 0 Å². The highest BCUT2D eigenvalue weighted by Crippen LogP contribution is 2.40. The van der Waals surface area contributed by atoms with Crippen molar-refractivity contribution in [1.82, 2.24) is 10.9 Å². The third-order valence-corrected chi connectivity index (χ3v) is 5.52. The summed E-state index contributed by atoms with van der Waals surface area (Å²) < 4.78 is 0. The summed E-state index contributed by atoms with van der Waals surface area (Å²) in [7, 11) is 0. The number of carbonyl (C=O) groups is 2. The number of hydrogen-bond acceptors (Lipinski definition) is 4. The maximum atomic E-state index is 11.8. The topological polar surface area (TPSA) is 82.9 Å². The number of nitrogens with zero attached hydrogens (tertiary/aromatic N) is 2. The van der Waals surface area contributed by atoms with Gasteiger partial charge in [-0.3, -0.25) is 9.59 Å². The molecule has 24 heavy (non-hydrogen) atoms. The highest BCUT2D eigenvalue weighted by atomic mass is 16.2. The number of hydrogen-bond donors (Lipinski definition) is 2. The maximum Gasteiger partial charge on any atom is 0.240 e.